The van der Waals surface area contributed by atoms with Gasteiger partial charge in [-0.15, -0.1) is 0 Å². The molecule has 0 N–H and O–H groups in total. The molecule has 6 heteroatoms. The molecule has 1 fully saturated rings. The minimum atomic E-state index is -1.00. The summed E-state index contributed by atoms with van der Waals surface area (Å²) in [5.41, 5.74) is 1.22. The van der Waals surface area contributed by atoms with Gasteiger partial charge in [-0.05, 0) is 36.8 Å². The molecule has 1 saturated heterocycles. The Balaban J connectivity index is 1.84. The third kappa shape index (κ3) is 2.48. The second-order valence-electron chi connectivity index (χ2n) is 6.47. The molecule has 0 spiro atoms. The first kappa shape index (κ1) is 17.0. The van der Waals surface area contributed by atoms with Gasteiger partial charge >= 0.3 is 5.97 Å². The standard InChI is InChI=1S/C20H16BrNO4/c1-2-13-16-14-5-3-4-6-15(14)26-20(25)17(16)19(24)22(18(13)23)12-9-7-11(21)8-10-12/h3-10,13,16-17H,2H2,1H3/t13-,16+,17+/m0/s1. The summed E-state index contributed by atoms with van der Waals surface area (Å²) < 4.78 is 6.24. The number of piperidine rings is 1. The van der Waals surface area contributed by atoms with E-state index >= 15 is 0 Å². The van der Waals surface area contributed by atoms with E-state index in [0.29, 0.717) is 17.9 Å². The van der Waals surface area contributed by atoms with Crippen LogP contribution in [0.3, 0.4) is 0 Å². The minimum Gasteiger partial charge on any atom is -0.426 e. The predicted molar refractivity (Wildman–Crippen MR) is 98.7 cm³/mol. The molecule has 0 saturated carbocycles. The van der Waals surface area contributed by atoms with Crippen molar-refractivity contribution in [2.24, 2.45) is 11.8 Å². The van der Waals surface area contributed by atoms with Gasteiger partial charge in [0.05, 0.1) is 5.69 Å². The summed E-state index contributed by atoms with van der Waals surface area (Å²) in [6, 6.07) is 14.0. The molecule has 132 valence electrons. The first-order valence-electron chi connectivity index (χ1n) is 8.47. The number of para-hydroxylation sites is 1. The second-order valence-corrected chi connectivity index (χ2v) is 7.38. The minimum absolute atomic E-state index is 0.273. The van der Waals surface area contributed by atoms with Crippen molar-refractivity contribution in [1.29, 1.82) is 0 Å². The second kappa shape index (κ2) is 6.36. The lowest BCUT2D eigenvalue weighted by atomic mass is 9.70. The van der Waals surface area contributed by atoms with Gasteiger partial charge in [-0.25, -0.2) is 4.90 Å². The maximum absolute atomic E-state index is 13.2. The van der Waals surface area contributed by atoms with Gasteiger partial charge in [-0.1, -0.05) is 41.1 Å². The van der Waals surface area contributed by atoms with Gasteiger partial charge in [0, 0.05) is 21.9 Å². The number of amides is 2. The van der Waals surface area contributed by atoms with Gasteiger partial charge < -0.3 is 4.74 Å². The van der Waals surface area contributed by atoms with Gasteiger partial charge in [0.25, 0.3) is 0 Å². The van der Waals surface area contributed by atoms with E-state index in [1.807, 2.05) is 19.1 Å². The van der Waals surface area contributed by atoms with E-state index in [9.17, 15) is 14.4 Å². The van der Waals surface area contributed by atoms with Gasteiger partial charge in [-0.2, -0.15) is 0 Å². The van der Waals surface area contributed by atoms with Crippen molar-refractivity contribution >= 4 is 39.4 Å². The van der Waals surface area contributed by atoms with Gasteiger partial charge in [-0.3, -0.25) is 14.4 Å². The van der Waals surface area contributed by atoms with E-state index in [-0.39, 0.29) is 5.91 Å². The van der Waals surface area contributed by atoms with E-state index in [1.54, 1.807) is 36.4 Å². The van der Waals surface area contributed by atoms with E-state index in [2.05, 4.69) is 15.9 Å². The predicted octanol–water partition coefficient (Wildman–Crippen LogP) is 3.67. The maximum Gasteiger partial charge on any atom is 0.324 e. The Morgan fingerprint density at radius 1 is 1.00 bits per heavy atom. The number of benzene rings is 2. The Hall–Kier alpha value is -2.47. The highest BCUT2D eigenvalue weighted by Gasteiger charge is 2.55. The Bertz CT molecular complexity index is 908. The average Bonchev–Trinajstić information content (AvgIpc) is 2.63. The Morgan fingerprint density at radius 3 is 2.38 bits per heavy atom. The summed E-state index contributed by atoms with van der Waals surface area (Å²) in [4.78, 5) is 40.0. The number of halogens is 1. The summed E-state index contributed by atoms with van der Waals surface area (Å²) in [6.07, 6.45) is 0.530. The van der Waals surface area contributed by atoms with Gasteiger partial charge in [0.2, 0.25) is 11.8 Å². The Morgan fingerprint density at radius 2 is 1.69 bits per heavy atom. The molecule has 2 amide bonds. The van der Waals surface area contributed by atoms with Crippen LogP contribution in [0, 0.1) is 11.8 Å². The number of hydrogen-bond donors (Lipinski definition) is 0. The molecule has 0 radical (unpaired) electrons. The molecule has 2 aliphatic rings. The van der Waals surface area contributed by atoms with Crippen LogP contribution in [0.5, 0.6) is 5.75 Å². The quantitative estimate of drug-likeness (QED) is 0.326. The lowest BCUT2D eigenvalue weighted by Crippen LogP contribution is -2.57. The van der Waals surface area contributed by atoms with Crippen LogP contribution in [0.25, 0.3) is 0 Å². The maximum atomic E-state index is 13.2. The number of anilines is 1. The molecule has 4 rings (SSSR count). The van der Waals surface area contributed by atoms with Crippen molar-refractivity contribution in [3.05, 3.63) is 58.6 Å². The highest BCUT2D eigenvalue weighted by atomic mass is 79.9. The number of imide groups is 1. The number of esters is 1. The fourth-order valence-electron chi connectivity index (χ4n) is 3.89. The molecule has 2 aliphatic heterocycles. The molecule has 3 atom stereocenters. The zero-order valence-corrected chi connectivity index (χ0v) is 15.6. The Kier molecular flexibility index (Phi) is 4.15. The highest BCUT2D eigenvalue weighted by Crippen LogP contribution is 2.48. The number of fused-ring (bicyclic) bond motifs is 3. The van der Waals surface area contributed by atoms with Crippen molar-refractivity contribution in [3.8, 4) is 5.75 Å². The fraction of sp³-hybridized carbons (Fsp3) is 0.250. The summed E-state index contributed by atoms with van der Waals surface area (Å²) in [5.74, 6) is -2.89. The van der Waals surface area contributed by atoms with Crippen molar-refractivity contribution in [2.45, 2.75) is 19.3 Å². The van der Waals surface area contributed by atoms with Crippen molar-refractivity contribution < 1.29 is 19.1 Å². The molecule has 2 heterocycles. The third-order valence-electron chi connectivity index (χ3n) is 5.08. The molecule has 0 bridgehead atoms. The normalized spacial score (nSPS) is 24.8. The molecule has 2 aromatic carbocycles. The summed E-state index contributed by atoms with van der Waals surface area (Å²) >= 11 is 3.35. The first-order chi connectivity index (χ1) is 12.5. The number of carbonyl (C=O) groups is 3. The molecular weight excluding hydrogens is 398 g/mol. The van der Waals surface area contributed by atoms with Crippen LogP contribution in [-0.2, 0) is 14.4 Å². The van der Waals surface area contributed by atoms with Crippen LogP contribution in [0.15, 0.2) is 53.0 Å². The van der Waals surface area contributed by atoms with Crippen LogP contribution in [0.1, 0.15) is 24.8 Å². The zero-order valence-electron chi connectivity index (χ0n) is 14.0. The monoisotopic (exact) mass is 413 g/mol. The Labute approximate surface area is 159 Å². The van der Waals surface area contributed by atoms with Crippen LogP contribution in [-0.4, -0.2) is 17.8 Å². The summed E-state index contributed by atoms with van der Waals surface area (Å²) in [5, 5.41) is 0. The number of nitrogens with zero attached hydrogens (tertiary/aromatic N) is 1. The van der Waals surface area contributed by atoms with Crippen molar-refractivity contribution in [3.63, 3.8) is 0 Å². The van der Waals surface area contributed by atoms with Crippen LogP contribution in [0.4, 0.5) is 5.69 Å². The molecular formula is C20H16BrNO4. The van der Waals surface area contributed by atoms with Crippen LogP contribution < -0.4 is 9.64 Å². The topological polar surface area (TPSA) is 63.7 Å². The smallest absolute Gasteiger partial charge is 0.324 e. The van der Waals surface area contributed by atoms with E-state index < -0.39 is 29.6 Å². The molecule has 0 aromatic heterocycles. The molecule has 2 aromatic rings. The number of rotatable bonds is 2. The van der Waals surface area contributed by atoms with Crippen molar-refractivity contribution in [1.82, 2.24) is 0 Å². The lowest BCUT2D eigenvalue weighted by Gasteiger charge is -2.42. The third-order valence-corrected chi connectivity index (χ3v) is 5.61. The first-order valence-corrected chi connectivity index (χ1v) is 9.26. The summed E-state index contributed by atoms with van der Waals surface area (Å²) in [6.45, 7) is 1.90. The molecule has 0 unspecified atom stereocenters. The zero-order chi connectivity index (χ0) is 18.4. The van der Waals surface area contributed by atoms with E-state index in [1.165, 1.54) is 0 Å². The largest absolute Gasteiger partial charge is 0.426 e. The van der Waals surface area contributed by atoms with Crippen LogP contribution in [0.2, 0.25) is 0 Å². The SMILES string of the molecule is CC[C@@H]1C(=O)N(c2ccc(Br)cc2)C(=O)[C@@H]2C(=O)Oc3ccccc3[C@H]21. The van der Waals surface area contributed by atoms with E-state index in [0.717, 1.165) is 14.9 Å². The van der Waals surface area contributed by atoms with E-state index in [4.69, 9.17) is 4.74 Å². The number of ether oxygens (including phenoxy) is 1. The van der Waals surface area contributed by atoms with Gasteiger partial charge in [0.1, 0.15) is 11.7 Å². The molecule has 5 nitrogen and oxygen atoms in total. The lowest BCUT2D eigenvalue weighted by molar-refractivity contribution is -0.151. The number of hydrogen-bond acceptors (Lipinski definition) is 4. The van der Waals surface area contributed by atoms with Crippen molar-refractivity contribution in [2.75, 3.05) is 4.90 Å². The highest BCUT2D eigenvalue weighted by molar-refractivity contribution is 9.10. The average molecular weight is 414 g/mol. The summed E-state index contributed by atoms with van der Waals surface area (Å²) in [7, 11) is 0. The molecule has 0 aliphatic carbocycles. The number of carbonyl (C=O) groups excluding carboxylic acids is 3. The molecule has 26 heavy (non-hydrogen) atoms. The van der Waals surface area contributed by atoms with Gasteiger partial charge in [0.15, 0.2) is 0 Å². The fourth-order valence-corrected chi connectivity index (χ4v) is 4.16. The van der Waals surface area contributed by atoms with Crippen LogP contribution >= 0.6 is 15.9 Å².